The van der Waals surface area contributed by atoms with Gasteiger partial charge in [-0.1, -0.05) is 0 Å². The summed E-state index contributed by atoms with van der Waals surface area (Å²) >= 11 is 0. The molecular weight excluding hydrogens is 180 g/mol. The zero-order valence-corrected chi connectivity index (χ0v) is 8.96. The molecule has 0 aliphatic carbocycles. The predicted molar refractivity (Wildman–Crippen MR) is 54.6 cm³/mol. The lowest BCUT2D eigenvalue weighted by Gasteiger charge is -2.21. The van der Waals surface area contributed by atoms with Gasteiger partial charge in [0, 0.05) is 5.56 Å². The third kappa shape index (κ3) is 1.99. The SMILES string of the molecule is COc1cc(C)cc(C(C)(C)O)c1O. The molecule has 1 aromatic carbocycles. The smallest absolute Gasteiger partial charge is 0.163 e. The predicted octanol–water partition coefficient (Wildman–Crippen LogP) is 1.94. The molecule has 0 fully saturated rings. The highest BCUT2D eigenvalue weighted by Crippen LogP contribution is 2.37. The van der Waals surface area contributed by atoms with Crippen LogP contribution in [-0.2, 0) is 5.60 Å². The largest absolute Gasteiger partial charge is 0.504 e. The molecule has 78 valence electrons. The van der Waals surface area contributed by atoms with E-state index in [0.717, 1.165) is 5.56 Å². The van der Waals surface area contributed by atoms with Gasteiger partial charge in [-0.25, -0.2) is 0 Å². The Morgan fingerprint density at radius 3 is 2.29 bits per heavy atom. The minimum absolute atomic E-state index is 0.00519. The van der Waals surface area contributed by atoms with E-state index in [1.807, 2.05) is 6.92 Å². The lowest BCUT2D eigenvalue weighted by molar-refractivity contribution is 0.0752. The molecule has 14 heavy (non-hydrogen) atoms. The first kappa shape index (κ1) is 10.9. The van der Waals surface area contributed by atoms with E-state index < -0.39 is 5.60 Å². The zero-order chi connectivity index (χ0) is 10.9. The van der Waals surface area contributed by atoms with Crippen molar-refractivity contribution in [1.82, 2.24) is 0 Å². The van der Waals surface area contributed by atoms with Crippen molar-refractivity contribution in [2.75, 3.05) is 7.11 Å². The first-order valence-corrected chi connectivity index (χ1v) is 4.46. The van der Waals surface area contributed by atoms with Crippen LogP contribution in [0.2, 0.25) is 0 Å². The van der Waals surface area contributed by atoms with Crippen LogP contribution >= 0.6 is 0 Å². The Labute approximate surface area is 84.0 Å². The molecule has 1 aromatic rings. The second-order valence-corrected chi connectivity index (χ2v) is 3.92. The Morgan fingerprint density at radius 1 is 1.29 bits per heavy atom. The average molecular weight is 196 g/mol. The second-order valence-electron chi connectivity index (χ2n) is 3.92. The van der Waals surface area contributed by atoms with Crippen molar-refractivity contribution in [2.45, 2.75) is 26.4 Å². The van der Waals surface area contributed by atoms with Crippen molar-refractivity contribution < 1.29 is 14.9 Å². The number of aromatic hydroxyl groups is 1. The monoisotopic (exact) mass is 196 g/mol. The Balaban J connectivity index is 3.37. The van der Waals surface area contributed by atoms with E-state index in [0.29, 0.717) is 11.3 Å². The zero-order valence-electron chi connectivity index (χ0n) is 8.96. The van der Waals surface area contributed by atoms with Crippen molar-refractivity contribution in [2.24, 2.45) is 0 Å². The Bertz CT molecular complexity index is 337. The van der Waals surface area contributed by atoms with Crippen LogP contribution in [0.5, 0.6) is 11.5 Å². The number of benzene rings is 1. The maximum absolute atomic E-state index is 9.80. The molecule has 0 saturated heterocycles. The Morgan fingerprint density at radius 2 is 1.86 bits per heavy atom. The van der Waals surface area contributed by atoms with Gasteiger partial charge in [0.25, 0.3) is 0 Å². The van der Waals surface area contributed by atoms with Gasteiger partial charge in [-0.15, -0.1) is 0 Å². The van der Waals surface area contributed by atoms with Crippen molar-refractivity contribution in [3.05, 3.63) is 23.3 Å². The second kappa shape index (κ2) is 3.50. The summed E-state index contributed by atoms with van der Waals surface area (Å²) in [6, 6.07) is 3.47. The van der Waals surface area contributed by atoms with Crippen molar-refractivity contribution in [3.63, 3.8) is 0 Å². The molecular formula is C11H16O3. The summed E-state index contributed by atoms with van der Waals surface area (Å²) in [5.41, 5.74) is 0.356. The summed E-state index contributed by atoms with van der Waals surface area (Å²) in [6.07, 6.45) is 0. The lowest BCUT2D eigenvalue weighted by Crippen LogP contribution is -2.16. The molecule has 0 saturated carbocycles. The third-order valence-electron chi connectivity index (χ3n) is 2.10. The molecule has 0 heterocycles. The Hall–Kier alpha value is -1.22. The standard InChI is InChI=1S/C11H16O3/c1-7-5-8(11(2,3)13)10(12)9(6-7)14-4/h5-6,12-13H,1-4H3. The van der Waals surface area contributed by atoms with Gasteiger partial charge in [0.15, 0.2) is 11.5 Å². The summed E-state index contributed by atoms with van der Waals surface area (Å²) in [6.45, 7) is 5.14. The van der Waals surface area contributed by atoms with Crippen LogP contribution in [0.3, 0.4) is 0 Å². The summed E-state index contributed by atoms with van der Waals surface area (Å²) in [5.74, 6) is 0.396. The fourth-order valence-electron chi connectivity index (χ4n) is 1.37. The highest BCUT2D eigenvalue weighted by atomic mass is 16.5. The number of rotatable bonds is 2. The van der Waals surface area contributed by atoms with Gasteiger partial charge in [0.2, 0.25) is 0 Å². The highest BCUT2D eigenvalue weighted by Gasteiger charge is 2.22. The minimum Gasteiger partial charge on any atom is -0.504 e. The number of phenolic OH excluding ortho intramolecular Hbond substituents is 1. The van der Waals surface area contributed by atoms with Gasteiger partial charge in [-0.05, 0) is 38.5 Å². The van der Waals surface area contributed by atoms with Crippen LogP contribution in [0.4, 0.5) is 0 Å². The van der Waals surface area contributed by atoms with E-state index >= 15 is 0 Å². The van der Waals surface area contributed by atoms with Crippen molar-refractivity contribution in [1.29, 1.82) is 0 Å². The number of aliphatic hydroxyl groups is 1. The summed E-state index contributed by atoms with van der Waals surface area (Å²) in [4.78, 5) is 0. The van der Waals surface area contributed by atoms with Gasteiger partial charge in [-0.2, -0.15) is 0 Å². The fraction of sp³-hybridized carbons (Fsp3) is 0.455. The molecule has 3 heteroatoms. The quantitative estimate of drug-likeness (QED) is 0.760. The van der Waals surface area contributed by atoms with E-state index in [-0.39, 0.29) is 5.75 Å². The normalized spacial score (nSPS) is 11.5. The topological polar surface area (TPSA) is 49.7 Å². The highest BCUT2D eigenvalue weighted by molar-refractivity contribution is 5.50. The molecule has 0 unspecified atom stereocenters. The molecule has 1 rings (SSSR count). The first-order chi connectivity index (χ1) is 6.36. The fourth-order valence-corrected chi connectivity index (χ4v) is 1.37. The van der Waals surface area contributed by atoms with Gasteiger partial charge >= 0.3 is 0 Å². The summed E-state index contributed by atoms with van der Waals surface area (Å²) in [7, 11) is 1.49. The molecule has 3 nitrogen and oxygen atoms in total. The molecule has 0 aliphatic heterocycles. The molecule has 2 N–H and O–H groups in total. The average Bonchev–Trinajstić information content (AvgIpc) is 2.06. The van der Waals surface area contributed by atoms with E-state index in [4.69, 9.17) is 4.74 Å². The van der Waals surface area contributed by atoms with Crippen molar-refractivity contribution in [3.8, 4) is 11.5 Å². The maximum atomic E-state index is 9.80. The molecule has 0 bridgehead atoms. The van der Waals surface area contributed by atoms with E-state index in [9.17, 15) is 10.2 Å². The molecule has 0 spiro atoms. The van der Waals surface area contributed by atoms with E-state index in [1.165, 1.54) is 7.11 Å². The molecule has 0 aliphatic rings. The van der Waals surface area contributed by atoms with E-state index in [1.54, 1.807) is 26.0 Å². The Kier molecular flexibility index (Phi) is 2.71. The van der Waals surface area contributed by atoms with Gasteiger partial charge in [0.1, 0.15) is 0 Å². The van der Waals surface area contributed by atoms with Gasteiger partial charge < -0.3 is 14.9 Å². The number of ether oxygens (including phenoxy) is 1. The molecule has 0 amide bonds. The van der Waals surface area contributed by atoms with Crippen LogP contribution in [-0.4, -0.2) is 17.3 Å². The number of aryl methyl sites for hydroxylation is 1. The number of hydrogen-bond donors (Lipinski definition) is 2. The van der Waals surface area contributed by atoms with Crippen LogP contribution in [0, 0.1) is 6.92 Å². The molecule has 0 aromatic heterocycles. The number of methoxy groups -OCH3 is 1. The van der Waals surface area contributed by atoms with Crippen LogP contribution in [0.15, 0.2) is 12.1 Å². The van der Waals surface area contributed by atoms with Crippen molar-refractivity contribution >= 4 is 0 Å². The molecule has 0 radical (unpaired) electrons. The van der Waals surface area contributed by atoms with Gasteiger partial charge in [-0.3, -0.25) is 0 Å². The lowest BCUT2D eigenvalue weighted by atomic mass is 9.95. The van der Waals surface area contributed by atoms with Crippen LogP contribution in [0.1, 0.15) is 25.0 Å². The first-order valence-electron chi connectivity index (χ1n) is 4.46. The van der Waals surface area contributed by atoms with Crippen LogP contribution in [0.25, 0.3) is 0 Å². The minimum atomic E-state index is -1.07. The van der Waals surface area contributed by atoms with Crippen LogP contribution < -0.4 is 4.74 Å². The molecule has 0 atom stereocenters. The third-order valence-corrected chi connectivity index (χ3v) is 2.10. The number of hydrogen-bond acceptors (Lipinski definition) is 3. The number of phenols is 1. The summed E-state index contributed by atoms with van der Waals surface area (Å²) < 4.78 is 5.00. The maximum Gasteiger partial charge on any atom is 0.163 e. The summed E-state index contributed by atoms with van der Waals surface area (Å²) in [5, 5.41) is 19.6. The van der Waals surface area contributed by atoms with E-state index in [2.05, 4.69) is 0 Å². The van der Waals surface area contributed by atoms with Gasteiger partial charge in [0.05, 0.1) is 12.7 Å².